The van der Waals surface area contributed by atoms with E-state index in [0.717, 1.165) is 38.3 Å². The Hall–Kier alpha value is -2.39. The number of benzene rings is 2. The molecule has 3 rings (SSSR count). The van der Waals surface area contributed by atoms with Gasteiger partial charge in [0.15, 0.2) is 0 Å². The van der Waals surface area contributed by atoms with Crippen molar-refractivity contribution in [2.75, 3.05) is 33.9 Å². The van der Waals surface area contributed by atoms with Gasteiger partial charge in [-0.1, -0.05) is 22.0 Å². The number of rotatable bonds is 6. The van der Waals surface area contributed by atoms with Crippen LogP contribution in [0.5, 0.6) is 0 Å². The molecule has 0 unspecified atom stereocenters. The second kappa shape index (κ2) is 8.77. The van der Waals surface area contributed by atoms with E-state index < -0.39 is 15.9 Å². The standard InChI is InChI=1S/C21H24BrN3O4S/c1-14-6-7-16(12-19(14)24-10-4-5-21(24)27)23-20(26)13-25(30(3,28)29)17-8-9-18(22)15(2)11-17/h6-9,11-12H,4-5,10,13H2,1-3H3,(H,23,26). The third-order valence-corrected chi connectivity index (χ3v) is 7.00. The zero-order valence-electron chi connectivity index (χ0n) is 17.1. The maximum atomic E-state index is 12.7. The topological polar surface area (TPSA) is 86.8 Å². The molecule has 160 valence electrons. The van der Waals surface area contributed by atoms with Crippen LogP contribution in [-0.4, -0.2) is 39.6 Å². The molecule has 0 radical (unpaired) electrons. The summed E-state index contributed by atoms with van der Waals surface area (Å²) in [6.45, 7) is 4.06. The number of halogens is 1. The van der Waals surface area contributed by atoms with Crippen LogP contribution in [0.2, 0.25) is 0 Å². The van der Waals surface area contributed by atoms with Gasteiger partial charge in [0.1, 0.15) is 6.54 Å². The molecule has 1 aliphatic rings. The number of carbonyl (C=O) groups excluding carboxylic acids is 2. The van der Waals surface area contributed by atoms with E-state index in [1.54, 1.807) is 35.2 Å². The number of anilines is 3. The highest BCUT2D eigenvalue weighted by Gasteiger charge is 2.24. The first-order valence-electron chi connectivity index (χ1n) is 9.51. The van der Waals surface area contributed by atoms with E-state index >= 15 is 0 Å². The molecule has 0 bridgehead atoms. The van der Waals surface area contributed by atoms with Crippen LogP contribution in [-0.2, 0) is 19.6 Å². The Morgan fingerprint density at radius 1 is 1.17 bits per heavy atom. The first-order chi connectivity index (χ1) is 14.1. The van der Waals surface area contributed by atoms with Crippen LogP contribution in [0.25, 0.3) is 0 Å². The lowest BCUT2D eigenvalue weighted by molar-refractivity contribution is -0.117. The Balaban J connectivity index is 1.81. The van der Waals surface area contributed by atoms with E-state index in [9.17, 15) is 18.0 Å². The normalized spacial score (nSPS) is 14.1. The van der Waals surface area contributed by atoms with E-state index in [-0.39, 0.29) is 12.5 Å². The lowest BCUT2D eigenvalue weighted by Gasteiger charge is -2.23. The molecule has 0 aliphatic carbocycles. The predicted molar refractivity (Wildman–Crippen MR) is 122 cm³/mol. The summed E-state index contributed by atoms with van der Waals surface area (Å²) in [5, 5.41) is 2.75. The molecule has 30 heavy (non-hydrogen) atoms. The summed E-state index contributed by atoms with van der Waals surface area (Å²) >= 11 is 3.39. The van der Waals surface area contributed by atoms with Gasteiger partial charge in [-0.25, -0.2) is 8.42 Å². The third kappa shape index (κ3) is 5.02. The fraction of sp³-hybridized carbons (Fsp3) is 0.333. The summed E-state index contributed by atoms with van der Waals surface area (Å²) in [5.74, 6) is -0.404. The van der Waals surface area contributed by atoms with Crippen molar-refractivity contribution < 1.29 is 18.0 Å². The zero-order valence-corrected chi connectivity index (χ0v) is 19.5. The number of nitrogens with one attached hydrogen (secondary N) is 1. The minimum atomic E-state index is -3.67. The van der Waals surface area contributed by atoms with Crippen molar-refractivity contribution >= 4 is 54.8 Å². The van der Waals surface area contributed by atoms with Crippen LogP contribution >= 0.6 is 15.9 Å². The Bertz CT molecular complexity index is 1100. The molecule has 2 amide bonds. The molecule has 1 fully saturated rings. The summed E-state index contributed by atoms with van der Waals surface area (Å²) in [7, 11) is -3.67. The molecule has 1 N–H and O–H groups in total. The van der Waals surface area contributed by atoms with Crippen molar-refractivity contribution in [3.05, 3.63) is 52.0 Å². The predicted octanol–water partition coefficient (Wildman–Crippen LogP) is 3.60. The number of sulfonamides is 1. The van der Waals surface area contributed by atoms with Gasteiger partial charge in [-0.3, -0.25) is 13.9 Å². The summed E-state index contributed by atoms with van der Waals surface area (Å²) in [6.07, 6.45) is 2.40. The Morgan fingerprint density at radius 3 is 2.50 bits per heavy atom. The van der Waals surface area contributed by atoms with Gasteiger partial charge in [0, 0.05) is 28.8 Å². The molecule has 1 aliphatic heterocycles. The van der Waals surface area contributed by atoms with Crippen molar-refractivity contribution in [1.82, 2.24) is 0 Å². The van der Waals surface area contributed by atoms with Gasteiger partial charge in [-0.05, 0) is 61.7 Å². The number of hydrogen-bond acceptors (Lipinski definition) is 4. The number of nitrogens with zero attached hydrogens (tertiary/aromatic N) is 2. The highest BCUT2D eigenvalue weighted by atomic mass is 79.9. The Kier molecular flexibility index (Phi) is 6.52. The van der Waals surface area contributed by atoms with Gasteiger partial charge in [0.05, 0.1) is 11.9 Å². The molecule has 9 heteroatoms. The van der Waals surface area contributed by atoms with Gasteiger partial charge in [-0.2, -0.15) is 0 Å². The third-order valence-electron chi connectivity index (χ3n) is 4.97. The lowest BCUT2D eigenvalue weighted by atomic mass is 10.1. The summed E-state index contributed by atoms with van der Waals surface area (Å²) in [6, 6.07) is 10.4. The molecule has 0 saturated carbocycles. The minimum Gasteiger partial charge on any atom is -0.324 e. The van der Waals surface area contributed by atoms with Crippen molar-refractivity contribution in [1.29, 1.82) is 0 Å². The van der Waals surface area contributed by atoms with E-state index in [2.05, 4.69) is 21.2 Å². The summed E-state index contributed by atoms with van der Waals surface area (Å²) < 4.78 is 26.6. The van der Waals surface area contributed by atoms with Crippen LogP contribution in [0.1, 0.15) is 24.0 Å². The van der Waals surface area contributed by atoms with Crippen molar-refractivity contribution in [2.24, 2.45) is 0 Å². The number of carbonyl (C=O) groups is 2. The first-order valence-corrected chi connectivity index (χ1v) is 12.1. The molecular weight excluding hydrogens is 470 g/mol. The number of hydrogen-bond donors (Lipinski definition) is 1. The van der Waals surface area contributed by atoms with E-state index in [0.29, 0.717) is 24.3 Å². The second-order valence-electron chi connectivity index (χ2n) is 7.40. The molecule has 1 heterocycles. The lowest BCUT2D eigenvalue weighted by Crippen LogP contribution is -2.37. The Labute approximate surface area is 185 Å². The number of aryl methyl sites for hydroxylation is 2. The summed E-state index contributed by atoms with van der Waals surface area (Å²) in [4.78, 5) is 26.5. The molecular formula is C21H24BrN3O4S. The fourth-order valence-corrected chi connectivity index (χ4v) is 4.49. The molecule has 1 saturated heterocycles. The van der Waals surface area contributed by atoms with Gasteiger partial charge in [-0.15, -0.1) is 0 Å². The molecule has 0 atom stereocenters. The maximum Gasteiger partial charge on any atom is 0.245 e. The molecule has 2 aromatic carbocycles. The summed E-state index contributed by atoms with van der Waals surface area (Å²) in [5.41, 5.74) is 3.49. The monoisotopic (exact) mass is 493 g/mol. The van der Waals surface area contributed by atoms with E-state index in [1.165, 1.54) is 0 Å². The fourth-order valence-electron chi connectivity index (χ4n) is 3.40. The highest BCUT2D eigenvalue weighted by Crippen LogP contribution is 2.28. The first kappa shape index (κ1) is 22.3. The van der Waals surface area contributed by atoms with Crippen LogP contribution < -0.4 is 14.5 Å². The zero-order chi connectivity index (χ0) is 22.1. The number of amides is 2. The second-order valence-corrected chi connectivity index (χ2v) is 10.2. The van der Waals surface area contributed by atoms with Crippen LogP contribution in [0, 0.1) is 13.8 Å². The average Bonchev–Trinajstić information content (AvgIpc) is 3.08. The van der Waals surface area contributed by atoms with Gasteiger partial charge in [0.25, 0.3) is 0 Å². The van der Waals surface area contributed by atoms with Crippen LogP contribution in [0.4, 0.5) is 17.1 Å². The van der Waals surface area contributed by atoms with E-state index in [4.69, 9.17) is 0 Å². The maximum absolute atomic E-state index is 12.7. The van der Waals surface area contributed by atoms with Crippen molar-refractivity contribution in [2.45, 2.75) is 26.7 Å². The van der Waals surface area contributed by atoms with E-state index in [1.807, 2.05) is 19.9 Å². The van der Waals surface area contributed by atoms with Crippen LogP contribution in [0.3, 0.4) is 0 Å². The molecule has 0 spiro atoms. The largest absolute Gasteiger partial charge is 0.324 e. The van der Waals surface area contributed by atoms with Crippen LogP contribution in [0.15, 0.2) is 40.9 Å². The van der Waals surface area contributed by atoms with Crippen molar-refractivity contribution in [3.63, 3.8) is 0 Å². The quantitative estimate of drug-likeness (QED) is 0.665. The van der Waals surface area contributed by atoms with Crippen molar-refractivity contribution in [3.8, 4) is 0 Å². The highest BCUT2D eigenvalue weighted by molar-refractivity contribution is 9.10. The SMILES string of the molecule is Cc1cc(N(CC(=O)Nc2ccc(C)c(N3CCCC3=O)c2)S(C)(=O)=O)ccc1Br. The molecule has 7 nitrogen and oxygen atoms in total. The smallest absolute Gasteiger partial charge is 0.245 e. The van der Waals surface area contributed by atoms with Gasteiger partial charge < -0.3 is 10.2 Å². The Morgan fingerprint density at radius 2 is 1.90 bits per heavy atom. The molecule has 2 aromatic rings. The van der Waals surface area contributed by atoms with Gasteiger partial charge in [0.2, 0.25) is 21.8 Å². The molecule has 0 aromatic heterocycles. The van der Waals surface area contributed by atoms with Gasteiger partial charge >= 0.3 is 0 Å². The average molecular weight is 494 g/mol. The minimum absolute atomic E-state index is 0.0652.